The molecule has 114 valence electrons. The van der Waals surface area contributed by atoms with Crippen molar-refractivity contribution < 1.29 is 14.3 Å². The SMILES string of the molecule is COc1cccc(NC(=O)C(=O)Nc2ccc(Cl)cc2C)c1. The largest absolute Gasteiger partial charge is 0.497 e. The number of ether oxygens (including phenoxy) is 1. The summed E-state index contributed by atoms with van der Waals surface area (Å²) in [4.78, 5) is 23.8. The van der Waals surface area contributed by atoms with Crippen LogP contribution in [0.15, 0.2) is 42.5 Å². The van der Waals surface area contributed by atoms with Crippen molar-refractivity contribution in [1.29, 1.82) is 0 Å². The molecule has 0 saturated carbocycles. The van der Waals surface area contributed by atoms with Gasteiger partial charge in [0.2, 0.25) is 0 Å². The Morgan fingerprint density at radius 1 is 1.05 bits per heavy atom. The number of rotatable bonds is 3. The van der Waals surface area contributed by atoms with Crippen molar-refractivity contribution in [2.24, 2.45) is 0 Å². The molecule has 0 radical (unpaired) electrons. The summed E-state index contributed by atoms with van der Waals surface area (Å²) in [6.45, 7) is 1.79. The van der Waals surface area contributed by atoms with Crippen LogP contribution < -0.4 is 15.4 Å². The summed E-state index contributed by atoms with van der Waals surface area (Å²) in [5.41, 5.74) is 1.79. The van der Waals surface area contributed by atoms with Crippen LogP contribution in [0.4, 0.5) is 11.4 Å². The molecule has 0 aromatic heterocycles. The molecule has 0 spiro atoms. The van der Waals surface area contributed by atoms with Gasteiger partial charge in [-0.15, -0.1) is 0 Å². The third kappa shape index (κ3) is 3.99. The lowest BCUT2D eigenvalue weighted by Crippen LogP contribution is -2.29. The van der Waals surface area contributed by atoms with Gasteiger partial charge in [-0.1, -0.05) is 17.7 Å². The summed E-state index contributed by atoms with van der Waals surface area (Å²) in [7, 11) is 1.52. The highest BCUT2D eigenvalue weighted by Crippen LogP contribution is 2.20. The second kappa shape index (κ2) is 6.95. The van der Waals surface area contributed by atoms with E-state index in [1.165, 1.54) is 7.11 Å². The van der Waals surface area contributed by atoms with Gasteiger partial charge in [-0.3, -0.25) is 9.59 Å². The molecule has 0 aliphatic heterocycles. The first-order valence-electron chi connectivity index (χ1n) is 6.52. The Labute approximate surface area is 133 Å². The normalized spacial score (nSPS) is 9.95. The summed E-state index contributed by atoms with van der Waals surface area (Å²) in [6, 6.07) is 11.7. The van der Waals surface area contributed by atoms with Crippen LogP contribution in [0.2, 0.25) is 5.02 Å². The maximum Gasteiger partial charge on any atom is 0.314 e. The fourth-order valence-electron chi connectivity index (χ4n) is 1.84. The standard InChI is InChI=1S/C16H15ClN2O3/c1-10-8-11(17)6-7-14(10)19-16(21)15(20)18-12-4-3-5-13(9-12)22-2/h3-9H,1-2H3,(H,18,20)(H,19,21). The van der Waals surface area contributed by atoms with Crippen molar-refractivity contribution in [1.82, 2.24) is 0 Å². The Morgan fingerprint density at radius 2 is 1.77 bits per heavy atom. The van der Waals surface area contributed by atoms with Gasteiger partial charge in [0, 0.05) is 22.5 Å². The predicted molar refractivity (Wildman–Crippen MR) is 86.4 cm³/mol. The number of benzene rings is 2. The predicted octanol–water partition coefficient (Wildman–Crippen LogP) is 3.23. The number of anilines is 2. The maximum atomic E-state index is 11.9. The van der Waals surface area contributed by atoms with Gasteiger partial charge in [-0.05, 0) is 42.8 Å². The monoisotopic (exact) mass is 318 g/mol. The van der Waals surface area contributed by atoms with Crippen LogP contribution in [0.1, 0.15) is 5.56 Å². The smallest absolute Gasteiger partial charge is 0.314 e. The molecule has 22 heavy (non-hydrogen) atoms. The summed E-state index contributed by atoms with van der Waals surface area (Å²) >= 11 is 5.85. The maximum absolute atomic E-state index is 11.9. The van der Waals surface area contributed by atoms with E-state index in [0.29, 0.717) is 22.1 Å². The highest BCUT2D eigenvalue weighted by molar-refractivity contribution is 6.43. The van der Waals surface area contributed by atoms with Crippen molar-refractivity contribution in [3.63, 3.8) is 0 Å². The van der Waals surface area contributed by atoms with E-state index in [-0.39, 0.29) is 0 Å². The molecule has 0 aliphatic rings. The van der Waals surface area contributed by atoms with Gasteiger partial charge in [-0.25, -0.2) is 0 Å². The van der Waals surface area contributed by atoms with E-state index in [1.807, 2.05) is 0 Å². The number of hydrogen-bond donors (Lipinski definition) is 2. The number of nitrogens with one attached hydrogen (secondary N) is 2. The Morgan fingerprint density at radius 3 is 2.45 bits per heavy atom. The molecule has 0 unspecified atom stereocenters. The fourth-order valence-corrected chi connectivity index (χ4v) is 2.06. The summed E-state index contributed by atoms with van der Waals surface area (Å²) in [6.07, 6.45) is 0. The van der Waals surface area contributed by atoms with E-state index in [4.69, 9.17) is 16.3 Å². The molecule has 5 nitrogen and oxygen atoms in total. The Balaban J connectivity index is 2.04. The number of halogens is 1. The topological polar surface area (TPSA) is 67.4 Å². The molecule has 0 saturated heterocycles. The van der Waals surface area contributed by atoms with Gasteiger partial charge < -0.3 is 15.4 Å². The van der Waals surface area contributed by atoms with Crippen LogP contribution in [-0.4, -0.2) is 18.9 Å². The van der Waals surface area contributed by atoms with Crippen LogP contribution >= 0.6 is 11.6 Å². The van der Waals surface area contributed by atoms with Gasteiger partial charge in [-0.2, -0.15) is 0 Å². The number of carbonyl (C=O) groups excluding carboxylic acids is 2. The van der Waals surface area contributed by atoms with E-state index < -0.39 is 11.8 Å². The minimum atomic E-state index is -0.761. The highest BCUT2D eigenvalue weighted by Gasteiger charge is 2.15. The molecule has 0 fully saturated rings. The molecule has 2 N–H and O–H groups in total. The third-order valence-electron chi connectivity index (χ3n) is 2.97. The minimum absolute atomic E-state index is 0.479. The highest BCUT2D eigenvalue weighted by atomic mass is 35.5. The van der Waals surface area contributed by atoms with Crippen LogP contribution in [0.5, 0.6) is 5.75 Å². The third-order valence-corrected chi connectivity index (χ3v) is 3.21. The number of methoxy groups -OCH3 is 1. The van der Waals surface area contributed by atoms with E-state index in [9.17, 15) is 9.59 Å². The Bertz CT molecular complexity index is 716. The lowest BCUT2D eigenvalue weighted by atomic mass is 10.2. The van der Waals surface area contributed by atoms with Crippen molar-refractivity contribution in [2.75, 3.05) is 17.7 Å². The van der Waals surface area contributed by atoms with Crippen LogP contribution in [0.3, 0.4) is 0 Å². The molecular weight excluding hydrogens is 304 g/mol. The summed E-state index contributed by atoms with van der Waals surface area (Å²) in [5, 5.41) is 5.62. The van der Waals surface area contributed by atoms with Crippen molar-refractivity contribution in [3.05, 3.63) is 53.1 Å². The fraction of sp³-hybridized carbons (Fsp3) is 0.125. The zero-order valence-corrected chi connectivity index (χ0v) is 12.9. The number of hydrogen-bond acceptors (Lipinski definition) is 3. The van der Waals surface area contributed by atoms with E-state index in [2.05, 4.69) is 10.6 Å². The minimum Gasteiger partial charge on any atom is -0.497 e. The molecule has 2 amide bonds. The second-order valence-electron chi connectivity index (χ2n) is 4.60. The average Bonchev–Trinajstić information content (AvgIpc) is 2.50. The molecule has 2 rings (SSSR count). The van der Waals surface area contributed by atoms with Crippen LogP contribution in [-0.2, 0) is 9.59 Å². The molecule has 0 heterocycles. The number of amides is 2. The first-order valence-corrected chi connectivity index (χ1v) is 6.90. The lowest BCUT2D eigenvalue weighted by molar-refractivity contribution is -0.133. The van der Waals surface area contributed by atoms with Crippen LogP contribution in [0, 0.1) is 6.92 Å². The summed E-state index contributed by atoms with van der Waals surface area (Å²) in [5.74, 6) is -0.928. The first kappa shape index (κ1) is 15.9. The van der Waals surface area contributed by atoms with Gasteiger partial charge in [0.05, 0.1) is 7.11 Å². The lowest BCUT2D eigenvalue weighted by Gasteiger charge is -2.09. The summed E-state index contributed by atoms with van der Waals surface area (Å²) < 4.78 is 5.06. The number of carbonyl (C=O) groups is 2. The quantitative estimate of drug-likeness (QED) is 0.854. The van der Waals surface area contributed by atoms with E-state index in [1.54, 1.807) is 49.4 Å². The van der Waals surface area contributed by atoms with Gasteiger partial charge in [0.25, 0.3) is 0 Å². The van der Waals surface area contributed by atoms with Crippen molar-refractivity contribution in [2.45, 2.75) is 6.92 Å². The first-order chi connectivity index (χ1) is 10.5. The van der Waals surface area contributed by atoms with Gasteiger partial charge in [0.1, 0.15) is 5.75 Å². The van der Waals surface area contributed by atoms with E-state index >= 15 is 0 Å². The Kier molecular flexibility index (Phi) is 5.01. The van der Waals surface area contributed by atoms with Crippen molar-refractivity contribution in [3.8, 4) is 5.75 Å². The zero-order chi connectivity index (χ0) is 16.1. The van der Waals surface area contributed by atoms with Gasteiger partial charge >= 0.3 is 11.8 Å². The molecule has 2 aromatic carbocycles. The molecule has 2 aromatic rings. The number of aryl methyl sites for hydroxylation is 1. The molecule has 6 heteroatoms. The molecular formula is C16H15ClN2O3. The molecule has 0 aliphatic carbocycles. The molecule has 0 bridgehead atoms. The Hall–Kier alpha value is -2.53. The van der Waals surface area contributed by atoms with Crippen LogP contribution in [0.25, 0.3) is 0 Å². The second-order valence-corrected chi connectivity index (χ2v) is 5.04. The van der Waals surface area contributed by atoms with Crippen molar-refractivity contribution >= 4 is 34.8 Å². The van der Waals surface area contributed by atoms with E-state index in [0.717, 1.165) is 5.56 Å². The molecule has 0 atom stereocenters. The zero-order valence-electron chi connectivity index (χ0n) is 12.1. The average molecular weight is 319 g/mol. The van der Waals surface area contributed by atoms with Gasteiger partial charge in [0.15, 0.2) is 0 Å².